The summed E-state index contributed by atoms with van der Waals surface area (Å²) in [6.07, 6.45) is -1.77. The van der Waals surface area contributed by atoms with E-state index in [1.165, 1.54) is 31.6 Å². The van der Waals surface area contributed by atoms with E-state index in [-0.39, 0.29) is 28.9 Å². The van der Waals surface area contributed by atoms with E-state index in [0.717, 1.165) is 38.9 Å². The molecule has 0 unspecified atom stereocenters. The number of para-hydroxylation sites is 1. The van der Waals surface area contributed by atoms with Crippen molar-refractivity contribution in [3.8, 4) is 22.8 Å². The van der Waals surface area contributed by atoms with Crippen LogP contribution in [0.15, 0.2) is 48.8 Å². The lowest BCUT2D eigenvalue weighted by Crippen LogP contribution is -2.30. The van der Waals surface area contributed by atoms with Gasteiger partial charge < -0.3 is 30.9 Å². The van der Waals surface area contributed by atoms with Crippen molar-refractivity contribution in [2.75, 3.05) is 31.2 Å². The second-order valence-corrected chi connectivity index (χ2v) is 9.16. The average molecular weight is 588 g/mol. The topological polar surface area (TPSA) is 167 Å². The molecular weight excluding hydrogens is 559 g/mol. The van der Waals surface area contributed by atoms with Gasteiger partial charge in [0, 0.05) is 12.5 Å². The molecule has 12 nitrogen and oxygen atoms in total. The molecule has 1 aliphatic rings. The molecule has 15 heteroatoms. The quantitative estimate of drug-likeness (QED) is 0.256. The number of halogens is 3. The largest absolute Gasteiger partial charge is 0.573 e. The van der Waals surface area contributed by atoms with Gasteiger partial charge in [0.15, 0.2) is 5.65 Å². The number of nitrogens with two attached hydrogens (primary N) is 1. The minimum Gasteiger partial charge on any atom is -0.495 e. The first-order chi connectivity index (χ1) is 20.0. The molecule has 1 saturated heterocycles. The second-order valence-electron chi connectivity index (χ2n) is 9.16. The van der Waals surface area contributed by atoms with Crippen LogP contribution >= 0.6 is 0 Å². The third-order valence-electron chi connectivity index (χ3n) is 6.25. The van der Waals surface area contributed by atoms with Crippen LogP contribution < -0.4 is 25.8 Å². The van der Waals surface area contributed by atoms with E-state index >= 15 is 0 Å². The minimum atomic E-state index is -4.94. The number of methoxy groups -OCH3 is 1. The van der Waals surface area contributed by atoms with Gasteiger partial charge in [-0.05, 0) is 50.2 Å². The number of carbonyl (C=O) groups excluding carboxylic acids is 1. The van der Waals surface area contributed by atoms with Crippen LogP contribution in [0.25, 0.3) is 22.3 Å². The molecule has 0 atom stereocenters. The van der Waals surface area contributed by atoms with Crippen molar-refractivity contribution in [2.24, 2.45) is 0 Å². The number of rotatable bonds is 6. The molecule has 0 radical (unpaired) electrons. The molecule has 3 heterocycles. The van der Waals surface area contributed by atoms with Crippen LogP contribution in [0.5, 0.6) is 11.5 Å². The first-order valence-corrected chi connectivity index (χ1v) is 12.7. The van der Waals surface area contributed by atoms with Crippen LogP contribution in [0.1, 0.15) is 36.2 Å². The molecular formula is C27H28F3N7O5. The van der Waals surface area contributed by atoms with Crippen molar-refractivity contribution in [2.45, 2.75) is 32.2 Å². The SMILES string of the molecule is CC(=O)O.COc1cc(-c2nn(C3CCNCC3)c3ncnc(N)c23)ccc1NC(=O)c1ccccc1OC(F)(F)F. The number of ether oxygens (including phenoxy) is 2. The summed E-state index contributed by atoms with van der Waals surface area (Å²) in [5.74, 6) is -1.69. The fourth-order valence-corrected chi connectivity index (χ4v) is 4.50. The van der Waals surface area contributed by atoms with Crippen LogP contribution in [0.2, 0.25) is 0 Å². The Hall–Kier alpha value is -4.92. The van der Waals surface area contributed by atoms with Crippen molar-refractivity contribution in [1.82, 2.24) is 25.1 Å². The van der Waals surface area contributed by atoms with Gasteiger partial charge in [-0.1, -0.05) is 18.2 Å². The number of piperidine rings is 1. The second kappa shape index (κ2) is 12.7. The van der Waals surface area contributed by atoms with Crippen molar-refractivity contribution < 1.29 is 37.3 Å². The number of carboxylic acids is 1. The van der Waals surface area contributed by atoms with E-state index in [9.17, 15) is 18.0 Å². The number of nitrogens with zero attached hydrogens (tertiary/aromatic N) is 4. The van der Waals surface area contributed by atoms with E-state index in [2.05, 4.69) is 25.3 Å². The number of hydrogen-bond donors (Lipinski definition) is 4. The number of benzene rings is 2. The summed E-state index contributed by atoms with van der Waals surface area (Å²) >= 11 is 0. The summed E-state index contributed by atoms with van der Waals surface area (Å²) in [7, 11) is 1.42. The number of alkyl halides is 3. The van der Waals surface area contributed by atoms with Gasteiger partial charge in [0.25, 0.3) is 11.9 Å². The van der Waals surface area contributed by atoms with E-state index < -0.39 is 24.0 Å². The first kappa shape index (κ1) is 30.0. The van der Waals surface area contributed by atoms with Gasteiger partial charge in [0.2, 0.25) is 0 Å². The number of carbonyl (C=O) groups is 2. The number of nitrogen functional groups attached to an aromatic ring is 1. The minimum absolute atomic E-state index is 0.140. The Bertz CT molecular complexity index is 1580. The fraction of sp³-hybridized carbons (Fsp3) is 0.296. The maximum atomic E-state index is 12.9. The lowest BCUT2D eigenvalue weighted by molar-refractivity contribution is -0.274. The Morgan fingerprint density at radius 3 is 2.48 bits per heavy atom. The number of carboxylic acid groups (broad SMARTS) is 1. The maximum Gasteiger partial charge on any atom is 0.573 e. The Morgan fingerprint density at radius 2 is 1.81 bits per heavy atom. The highest BCUT2D eigenvalue weighted by Gasteiger charge is 2.33. The molecule has 4 aromatic rings. The van der Waals surface area contributed by atoms with Gasteiger partial charge in [0.05, 0.1) is 29.8 Å². The Morgan fingerprint density at radius 1 is 1.12 bits per heavy atom. The zero-order chi connectivity index (χ0) is 30.4. The standard InChI is InChI=1S/C25H24F3N7O3.C2H4O2/c1-37-19-12-14(6-7-17(19)33-24(36)16-4-2-3-5-18(16)38-25(26,27)28)21-20-22(29)31-13-32-23(20)35(34-21)15-8-10-30-11-9-15;1-2(3)4/h2-7,12-13,15,30H,8-11H2,1H3,(H,33,36)(H2,29,31,32);1H3,(H,3,4). The van der Waals surface area contributed by atoms with E-state index in [4.69, 9.17) is 25.5 Å². The highest BCUT2D eigenvalue weighted by atomic mass is 19.4. The van der Waals surface area contributed by atoms with Gasteiger partial charge in [-0.2, -0.15) is 5.10 Å². The highest BCUT2D eigenvalue weighted by Crippen LogP contribution is 2.37. The molecule has 2 aromatic carbocycles. The van der Waals surface area contributed by atoms with Crippen molar-refractivity contribution in [3.63, 3.8) is 0 Å². The van der Waals surface area contributed by atoms with Crippen molar-refractivity contribution in [3.05, 3.63) is 54.4 Å². The summed E-state index contributed by atoms with van der Waals surface area (Å²) in [5, 5.41) is 18.8. The number of amides is 1. The third kappa shape index (κ3) is 7.04. The monoisotopic (exact) mass is 587 g/mol. The van der Waals surface area contributed by atoms with E-state index in [0.29, 0.717) is 22.3 Å². The van der Waals surface area contributed by atoms with Gasteiger partial charge in [-0.3, -0.25) is 9.59 Å². The molecule has 0 saturated carbocycles. The molecule has 222 valence electrons. The third-order valence-corrected chi connectivity index (χ3v) is 6.25. The Labute approximate surface area is 237 Å². The molecule has 0 spiro atoms. The zero-order valence-corrected chi connectivity index (χ0v) is 22.6. The summed E-state index contributed by atoms with van der Waals surface area (Å²) in [6, 6.07) is 10.2. The number of fused-ring (bicyclic) bond motifs is 1. The molecule has 42 heavy (non-hydrogen) atoms. The molecule has 1 aliphatic heterocycles. The van der Waals surface area contributed by atoms with Crippen LogP contribution in [0, 0.1) is 0 Å². The molecule has 5 N–H and O–H groups in total. The Kier molecular flexibility index (Phi) is 9.10. The lowest BCUT2D eigenvalue weighted by Gasteiger charge is -2.23. The number of anilines is 2. The van der Waals surface area contributed by atoms with Crippen molar-refractivity contribution in [1.29, 1.82) is 0 Å². The molecule has 0 bridgehead atoms. The van der Waals surface area contributed by atoms with Crippen LogP contribution in [0.3, 0.4) is 0 Å². The lowest BCUT2D eigenvalue weighted by atomic mass is 10.1. The summed E-state index contributed by atoms with van der Waals surface area (Å²) in [6.45, 7) is 2.81. The smallest absolute Gasteiger partial charge is 0.495 e. The fourth-order valence-electron chi connectivity index (χ4n) is 4.50. The highest BCUT2D eigenvalue weighted by molar-refractivity contribution is 6.07. The van der Waals surface area contributed by atoms with Gasteiger partial charge in [0.1, 0.15) is 29.3 Å². The van der Waals surface area contributed by atoms with Gasteiger partial charge in [-0.15, -0.1) is 13.2 Å². The number of aliphatic carboxylic acids is 1. The molecule has 1 amide bonds. The average Bonchev–Trinajstić information content (AvgIpc) is 3.34. The summed E-state index contributed by atoms with van der Waals surface area (Å²) < 4.78 is 49.7. The first-order valence-electron chi connectivity index (χ1n) is 12.7. The number of nitrogens with one attached hydrogen (secondary N) is 2. The molecule has 5 rings (SSSR count). The van der Waals surface area contributed by atoms with Gasteiger partial charge in [-0.25, -0.2) is 14.6 Å². The zero-order valence-electron chi connectivity index (χ0n) is 22.6. The molecule has 2 aromatic heterocycles. The summed E-state index contributed by atoms with van der Waals surface area (Å²) in [4.78, 5) is 30.5. The maximum absolute atomic E-state index is 12.9. The summed E-state index contributed by atoms with van der Waals surface area (Å²) in [5.41, 5.74) is 8.00. The van der Waals surface area contributed by atoms with Crippen LogP contribution in [-0.2, 0) is 4.79 Å². The van der Waals surface area contributed by atoms with Crippen molar-refractivity contribution >= 4 is 34.4 Å². The number of aromatic nitrogens is 4. The number of hydrogen-bond acceptors (Lipinski definition) is 9. The van der Waals surface area contributed by atoms with Crippen LogP contribution in [0.4, 0.5) is 24.7 Å². The van der Waals surface area contributed by atoms with Gasteiger partial charge >= 0.3 is 6.36 Å². The van der Waals surface area contributed by atoms with Crippen LogP contribution in [-0.4, -0.2) is 63.3 Å². The molecule has 1 fully saturated rings. The molecule has 0 aliphatic carbocycles. The normalized spacial score (nSPS) is 13.6. The predicted octanol–water partition coefficient (Wildman–Crippen LogP) is 4.25. The van der Waals surface area contributed by atoms with E-state index in [1.807, 2.05) is 4.68 Å². The Balaban J connectivity index is 0.000000952. The predicted molar refractivity (Wildman–Crippen MR) is 147 cm³/mol. The van der Waals surface area contributed by atoms with E-state index in [1.54, 1.807) is 18.2 Å².